The van der Waals surface area contributed by atoms with Crippen LogP contribution in [0.3, 0.4) is 0 Å². The van der Waals surface area contributed by atoms with Gasteiger partial charge in [0, 0.05) is 18.0 Å². The first kappa shape index (κ1) is 21.1. The molecule has 0 heterocycles. The molecule has 1 aromatic carbocycles. The minimum atomic E-state index is -2.93. The topological polar surface area (TPSA) is 67.4 Å². The van der Waals surface area contributed by atoms with E-state index in [1.165, 1.54) is 6.07 Å². The van der Waals surface area contributed by atoms with E-state index < -0.39 is 12.7 Å². The summed E-state index contributed by atoms with van der Waals surface area (Å²) in [7, 11) is 0. The molecule has 1 aromatic rings. The summed E-state index contributed by atoms with van der Waals surface area (Å²) >= 11 is 0. The van der Waals surface area contributed by atoms with Crippen molar-refractivity contribution < 1.29 is 23.1 Å². The molecule has 2 N–H and O–H groups in total. The van der Waals surface area contributed by atoms with E-state index in [0.717, 1.165) is 32.1 Å². The van der Waals surface area contributed by atoms with Gasteiger partial charge in [0.2, 0.25) is 11.8 Å². The number of rotatable bonds is 8. The summed E-state index contributed by atoms with van der Waals surface area (Å²) in [6.07, 6.45) is 4.94. The Hall–Kier alpha value is -2.18. The zero-order valence-electron chi connectivity index (χ0n) is 15.8. The summed E-state index contributed by atoms with van der Waals surface area (Å²) in [4.78, 5) is 25.1. The van der Waals surface area contributed by atoms with Crippen LogP contribution in [0.2, 0.25) is 0 Å². The zero-order valence-corrected chi connectivity index (χ0v) is 15.8. The van der Waals surface area contributed by atoms with E-state index in [1.807, 2.05) is 13.8 Å². The summed E-state index contributed by atoms with van der Waals surface area (Å²) in [6, 6.07) is 5.65. The highest BCUT2D eigenvalue weighted by atomic mass is 19.3. The molecule has 0 spiro atoms. The predicted octanol–water partition coefficient (Wildman–Crippen LogP) is 3.63. The maximum absolute atomic E-state index is 12.6. The largest absolute Gasteiger partial charge is 0.434 e. The molecular formula is C20H28F2N2O3. The van der Waals surface area contributed by atoms with Gasteiger partial charge in [-0.05, 0) is 24.8 Å². The third kappa shape index (κ3) is 6.48. The highest BCUT2D eigenvalue weighted by Gasteiger charge is 2.28. The fourth-order valence-corrected chi connectivity index (χ4v) is 3.32. The Bertz CT molecular complexity index is 631. The maximum atomic E-state index is 12.6. The van der Waals surface area contributed by atoms with Crippen LogP contribution in [-0.4, -0.2) is 24.5 Å². The Morgan fingerprint density at radius 2 is 1.81 bits per heavy atom. The Morgan fingerprint density at radius 3 is 2.44 bits per heavy atom. The number of nitrogens with one attached hydrogen (secondary N) is 2. The number of amides is 2. The molecule has 1 aliphatic rings. The number of halogens is 2. The molecular weight excluding hydrogens is 354 g/mol. The molecule has 0 aliphatic heterocycles. The van der Waals surface area contributed by atoms with E-state index >= 15 is 0 Å². The third-order valence-corrected chi connectivity index (χ3v) is 4.86. The maximum Gasteiger partial charge on any atom is 0.387 e. The average molecular weight is 382 g/mol. The molecule has 2 amide bonds. The van der Waals surface area contributed by atoms with Crippen molar-refractivity contribution in [1.82, 2.24) is 10.6 Å². The van der Waals surface area contributed by atoms with Crippen LogP contribution < -0.4 is 15.4 Å². The van der Waals surface area contributed by atoms with Gasteiger partial charge in [-0.1, -0.05) is 51.3 Å². The molecule has 0 saturated heterocycles. The second-order valence-corrected chi connectivity index (χ2v) is 7.27. The minimum Gasteiger partial charge on any atom is -0.434 e. The summed E-state index contributed by atoms with van der Waals surface area (Å²) < 4.78 is 29.5. The van der Waals surface area contributed by atoms with E-state index in [4.69, 9.17) is 0 Å². The van der Waals surface area contributed by atoms with Crippen LogP contribution in [0.4, 0.5) is 8.78 Å². The van der Waals surface area contributed by atoms with Gasteiger partial charge in [0.25, 0.3) is 0 Å². The van der Waals surface area contributed by atoms with E-state index in [-0.39, 0.29) is 35.9 Å². The van der Waals surface area contributed by atoms with Crippen LogP contribution in [0.15, 0.2) is 24.3 Å². The van der Waals surface area contributed by atoms with Gasteiger partial charge in [-0.3, -0.25) is 9.59 Å². The fraction of sp³-hybridized carbons (Fsp3) is 0.600. The lowest BCUT2D eigenvalue weighted by molar-refractivity contribution is -0.132. The van der Waals surface area contributed by atoms with Gasteiger partial charge in [-0.25, -0.2) is 0 Å². The predicted molar refractivity (Wildman–Crippen MR) is 98.3 cm³/mol. The zero-order chi connectivity index (χ0) is 19.8. The quantitative estimate of drug-likeness (QED) is 0.722. The number of carbonyl (C=O) groups is 2. The summed E-state index contributed by atoms with van der Waals surface area (Å²) in [5.41, 5.74) is 0.451. The van der Waals surface area contributed by atoms with Gasteiger partial charge in [-0.2, -0.15) is 8.78 Å². The highest BCUT2D eigenvalue weighted by Crippen LogP contribution is 2.24. The standard InChI is InChI=1S/C20H28F2N2O3/c1-13(2)17(24-18(25)14-8-4-3-5-9-14)19(26)23-12-15-10-6-7-11-16(15)27-20(21)22/h6-7,10-11,13-14,17,20H,3-5,8-9,12H2,1-2H3,(H,23,26)(H,24,25). The molecule has 1 saturated carbocycles. The van der Waals surface area contributed by atoms with E-state index in [9.17, 15) is 18.4 Å². The first-order chi connectivity index (χ1) is 12.9. The second-order valence-electron chi connectivity index (χ2n) is 7.27. The van der Waals surface area contributed by atoms with Gasteiger partial charge in [-0.15, -0.1) is 0 Å². The molecule has 1 atom stereocenters. The van der Waals surface area contributed by atoms with Crippen molar-refractivity contribution in [2.75, 3.05) is 0 Å². The fourth-order valence-electron chi connectivity index (χ4n) is 3.32. The minimum absolute atomic E-state index is 0.0279. The lowest BCUT2D eigenvalue weighted by Crippen LogP contribution is -2.51. The molecule has 7 heteroatoms. The van der Waals surface area contributed by atoms with E-state index in [0.29, 0.717) is 5.56 Å². The first-order valence-electron chi connectivity index (χ1n) is 9.49. The highest BCUT2D eigenvalue weighted by molar-refractivity contribution is 5.88. The average Bonchev–Trinajstić information content (AvgIpc) is 2.65. The van der Waals surface area contributed by atoms with Crippen molar-refractivity contribution in [3.05, 3.63) is 29.8 Å². The van der Waals surface area contributed by atoms with Crippen LogP contribution in [0.1, 0.15) is 51.5 Å². The van der Waals surface area contributed by atoms with E-state index in [1.54, 1.807) is 18.2 Å². The van der Waals surface area contributed by atoms with E-state index in [2.05, 4.69) is 15.4 Å². The van der Waals surface area contributed by atoms with Gasteiger partial charge >= 0.3 is 6.61 Å². The van der Waals surface area contributed by atoms with Crippen LogP contribution >= 0.6 is 0 Å². The Kier molecular flexibility index (Phi) is 8.00. The number of para-hydroxylation sites is 1. The van der Waals surface area contributed by atoms with Crippen molar-refractivity contribution in [3.8, 4) is 5.75 Å². The SMILES string of the molecule is CC(C)C(NC(=O)C1CCCCC1)C(=O)NCc1ccccc1OC(F)F. The molecule has 1 aliphatic carbocycles. The lowest BCUT2D eigenvalue weighted by atomic mass is 9.88. The van der Waals surface area contributed by atoms with Gasteiger partial charge in [0.15, 0.2) is 0 Å². The number of hydrogen-bond acceptors (Lipinski definition) is 3. The Labute approximate surface area is 158 Å². The summed E-state index contributed by atoms with van der Waals surface area (Å²) in [6.45, 7) is 0.836. The van der Waals surface area contributed by atoms with Crippen LogP contribution in [0, 0.1) is 11.8 Å². The molecule has 5 nitrogen and oxygen atoms in total. The Morgan fingerprint density at radius 1 is 1.15 bits per heavy atom. The third-order valence-electron chi connectivity index (χ3n) is 4.86. The van der Waals surface area contributed by atoms with Crippen molar-refractivity contribution in [3.63, 3.8) is 0 Å². The van der Waals surface area contributed by atoms with Gasteiger partial charge in [0.1, 0.15) is 11.8 Å². The molecule has 150 valence electrons. The molecule has 1 fully saturated rings. The molecule has 0 radical (unpaired) electrons. The van der Waals surface area contributed by atoms with Crippen molar-refractivity contribution >= 4 is 11.8 Å². The monoisotopic (exact) mass is 382 g/mol. The van der Waals surface area contributed by atoms with Crippen LogP contribution in [0.5, 0.6) is 5.75 Å². The number of ether oxygens (including phenoxy) is 1. The van der Waals surface area contributed by atoms with Crippen molar-refractivity contribution in [2.45, 2.75) is 65.1 Å². The van der Waals surface area contributed by atoms with Crippen molar-refractivity contribution in [1.29, 1.82) is 0 Å². The smallest absolute Gasteiger partial charge is 0.387 e. The number of hydrogen-bond donors (Lipinski definition) is 2. The van der Waals surface area contributed by atoms with Crippen molar-refractivity contribution in [2.24, 2.45) is 11.8 Å². The summed E-state index contributed by atoms with van der Waals surface area (Å²) in [5, 5.41) is 5.59. The van der Waals surface area contributed by atoms with Gasteiger partial charge in [0.05, 0.1) is 0 Å². The van der Waals surface area contributed by atoms with Crippen LogP contribution in [-0.2, 0) is 16.1 Å². The number of benzene rings is 1. The molecule has 0 aromatic heterocycles. The molecule has 2 rings (SSSR count). The first-order valence-corrected chi connectivity index (χ1v) is 9.49. The number of alkyl halides is 2. The summed E-state index contributed by atoms with van der Waals surface area (Å²) in [5.74, 6) is -0.510. The molecule has 1 unspecified atom stereocenters. The number of carbonyl (C=O) groups excluding carboxylic acids is 2. The Balaban J connectivity index is 1.96. The van der Waals surface area contributed by atoms with Crippen LogP contribution in [0.25, 0.3) is 0 Å². The second kappa shape index (κ2) is 10.2. The normalized spacial score (nSPS) is 16.2. The lowest BCUT2D eigenvalue weighted by Gasteiger charge is -2.26. The molecule has 27 heavy (non-hydrogen) atoms. The molecule has 0 bridgehead atoms. The van der Waals surface area contributed by atoms with Gasteiger partial charge < -0.3 is 15.4 Å².